The number of nitrogens with one attached hydrogen (secondary N) is 2. The van der Waals surface area contributed by atoms with E-state index in [1.807, 2.05) is 53.7 Å². The number of aryl methyl sites for hydroxylation is 1. The molecule has 0 aliphatic carbocycles. The number of benzene rings is 1. The number of carbonyl (C=O) groups is 2. The molecule has 2 aliphatic heterocycles. The Morgan fingerprint density at radius 2 is 2.07 bits per heavy atom. The molecule has 10 nitrogen and oxygen atoms in total. The van der Waals surface area contributed by atoms with Crippen molar-refractivity contribution < 1.29 is 14.3 Å². The molecule has 1 atom stereocenters. The Kier molecular flexibility index (Phi) is 7.65. The van der Waals surface area contributed by atoms with Crippen molar-refractivity contribution in [3.63, 3.8) is 0 Å². The zero-order valence-corrected chi connectivity index (χ0v) is 24.0. The SMILES string of the molecule is COCC1(C(=O)Nc2ccc3[nH]nc(-c4ccnc(C)c4)c3c2)CCN(CC(=O)N2CC=C(c3nccs3)CC2)C1. The number of likely N-dealkylation sites (tertiary alicyclic amines) is 1. The van der Waals surface area contributed by atoms with Gasteiger partial charge < -0.3 is 15.0 Å². The first-order valence-corrected chi connectivity index (χ1v) is 14.6. The molecule has 2 N–H and O–H groups in total. The zero-order valence-electron chi connectivity index (χ0n) is 23.2. The molecule has 2 aliphatic rings. The third kappa shape index (κ3) is 5.65. The summed E-state index contributed by atoms with van der Waals surface area (Å²) in [6.07, 6.45) is 7.10. The van der Waals surface area contributed by atoms with Gasteiger partial charge in [0.15, 0.2) is 0 Å². The van der Waals surface area contributed by atoms with Crippen LogP contribution in [0.1, 0.15) is 23.5 Å². The van der Waals surface area contributed by atoms with Crippen LogP contribution in [-0.4, -0.2) is 88.2 Å². The molecule has 5 heterocycles. The van der Waals surface area contributed by atoms with Gasteiger partial charge in [0.25, 0.3) is 0 Å². The van der Waals surface area contributed by atoms with Crippen molar-refractivity contribution in [3.8, 4) is 11.3 Å². The fraction of sp³-hybridized carbons (Fsp3) is 0.367. The van der Waals surface area contributed by atoms with E-state index in [9.17, 15) is 9.59 Å². The molecular formula is C30H33N7O3S. The zero-order chi connectivity index (χ0) is 28.4. The molecule has 0 saturated carbocycles. The predicted molar refractivity (Wildman–Crippen MR) is 159 cm³/mol. The Hall–Kier alpha value is -3.93. The summed E-state index contributed by atoms with van der Waals surface area (Å²) in [6, 6.07) is 9.66. The first kappa shape index (κ1) is 27.3. The molecule has 1 fully saturated rings. The Bertz CT molecular complexity index is 1600. The molecule has 1 aromatic carbocycles. The van der Waals surface area contributed by atoms with E-state index in [-0.39, 0.29) is 25.0 Å². The molecule has 3 aromatic heterocycles. The van der Waals surface area contributed by atoms with E-state index in [1.54, 1.807) is 24.6 Å². The Morgan fingerprint density at radius 1 is 1.17 bits per heavy atom. The molecule has 1 saturated heterocycles. The number of amides is 2. The molecule has 0 spiro atoms. The standard InChI is InChI=1S/C30H33N7O3S/c1-20-15-22(5-9-31-20)27-24-16-23(3-4-25(24)34-35-27)33-29(39)30(19-40-2)8-13-36(18-30)17-26(38)37-11-6-21(7-12-37)28-32-10-14-41-28/h3-6,9-10,14-16H,7-8,11-13,17-19H2,1-2H3,(H,33,39)(H,34,35). The maximum absolute atomic E-state index is 13.7. The summed E-state index contributed by atoms with van der Waals surface area (Å²) in [5, 5.41) is 14.6. The monoisotopic (exact) mass is 571 g/mol. The number of thiazole rings is 1. The minimum Gasteiger partial charge on any atom is -0.384 e. The highest BCUT2D eigenvalue weighted by Crippen LogP contribution is 2.34. The fourth-order valence-electron chi connectivity index (χ4n) is 5.77. The van der Waals surface area contributed by atoms with Gasteiger partial charge in [0.05, 0.1) is 24.1 Å². The van der Waals surface area contributed by atoms with Crippen LogP contribution in [-0.2, 0) is 14.3 Å². The van der Waals surface area contributed by atoms with Gasteiger partial charge in [-0.1, -0.05) is 6.08 Å². The van der Waals surface area contributed by atoms with Crippen LogP contribution < -0.4 is 5.32 Å². The van der Waals surface area contributed by atoms with Crippen LogP contribution in [0.5, 0.6) is 0 Å². The molecule has 2 amide bonds. The van der Waals surface area contributed by atoms with Crippen molar-refractivity contribution in [2.75, 3.05) is 51.8 Å². The van der Waals surface area contributed by atoms with Crippen LogP contribution in [0.25, 0.3) is 27.7 Å². The van der Waals surface area contributed by atoms with E-state index in [2.05, 4.69) is 36.5 Å². The number of ether oxygens (including phenoxy) is 1. The van der Waals surface area contributed by atoms with Crippen molar-refractivity contribution in [1.82, 2.24) is 30.0 Å². The topological polar surface area (TPSA) is 116 Å². The van der Waals surface area contributed by atoms with E-state index >= 15 is 0 Å². The van der Waals surface area contributed by atoms with Crippen LogP contribution >= 0.6 is 11.3 Å². The van der Waals surface area contributed by atoms with Crippen molar-refractivity contribution in [2.24, 2.45) is 5.41 Å². The number of methoxy groups -OCH3 is 1. The third-order valence-corrected chi connectivity index (χ3v) is 8.80. The lowest BCUT2D eigenvalue weighted by Crippen LogP contribution is -2.45. The average Bonchev–Trinajstić information content (AvgIpc) is 3.74. The van der Waals surface area contributed by atoms with E-state index in [0.717, 1.165) is 39.3 Å². The van der Waals surface area contributed by atoms with Crippen LogP contribution in [0, 0.1) is 12.3 Å². The largest absolute Gasteiger partial charge is 0.384 e. The lowest BCUT2D eigenvalue weighted by atomic mass is 9.87. The predicted octanol–water partition coefficient (Wildman–Crippen LogP) is 3.98. The summed E-state index contributed by atoms with van der Waals surface area (Å²) in [6.45, 7) is 4.89. The third-order valence-electron chi connectivity index (χ3n) is 7.95. The second kappa shape index (κ2) is 11.5. The Labute approximate surface area is 242 Å². The molecule has 1 unspecified atom stereocenters. The highest BCUT2D eigenvalue weighted by molar-refractivity contribution is 7.10. The number of nitrogens with zero attached hydrogens (tertiary/aromatic N) is 5. The molecule has 4 aromatic rings. The van der Waals surface area contributed by atoms with Crippen LogP contribution in [0.15, 0.2) is 54.2 Å². The molecule has 0 bridgehead atoms. The summed E-state index contributed by atoms with van der Waals surface area (Å²) < 4.78 is 5.53. The quantitative estimate of drug-likeness (QED) is 0.329. The van der Waals surface area contributed by atoms with Crippen molar-refractivity contribution in [3.05, 3.63) is 64.9 Å². The normalized spacial score (nSPS) is 19.5. The summed E-state index contributed by atoms with van der Waals surface area (Å²) in [7, 11) is 1.61. The highest BCUT2D eigenvalue weighted by atomic mass is 32.1. The average molecular weight is 572 g/mol. The summed E-state index contributed by atoms with van der Waals surface area (Å²) in [4.78, 5) is 39.5. The molecule has 41 heavy (non-hydrogen) atoms. The van der Waals surface area contributed by atoms with E-state index < -0.39 is 5.41 Å². The molecule has 6 rings (SSSR count). The van der Waals surface area contributed by atoms with Gasteiger partial charge in [-0.25, -0.2) is 4.98 Å². The van der Waals surface area contributed by atoms with E-state index in [1.165, 1.54) is 5.57 Å². The van der Waals surface area contributed by atoms with Crippen LogP contribution in [0.4, 0.5) is 5.69 Å². The number of anilines is 1. The van der Waals surface area contributed by atoms with Gasteiger partial charge >= 0.3 is 0 Å². The van der Waals surface area contributed by atoms with Crippen molar-refractivity contribution in [1.29, 1.82) is 0 Å². The Balaban J connectivity index is 1.12. The minimum absolute atomic E-state index is 0.0809. The molecule has 0 radical (unpaired) electrons. The second-order valence-electron chi connectivity index (χ2n) is 10.8. The summed E-state index contributed by atoms with van der Waals surface area (Å²) in [5.41, 5.74) is 4.72. The smallest absolute Gasteiger partial charge is 0.237 e. The lowest BCUT2D eigenvalue weighted by Gasteiger charge is -2.29. The van der Waals surface area contributed by atoms with Crippen LogP contribution in [0.3, 0.4) is 0 Å². The highest BCUT2D eigenvalue weighted by Gasteiger charge is 2.45. The minimum atomic E-state index is -0.745. The van der Waals surface area contributed by atoms with E-state index in [4.69, 9.17) is 4.74 Å². The maximum Gasteiger partial charge on any atom is 0.237 e. The van der Waals surface area contributed by atoms with Gasteiger partial charge in [0.2, 0.25) is 11.8 Å². The number of rotatable bonds is 8. The van der Waals surface area contributed by atoms with Gasteiger partial charge in [-0.2, -0.15) is 5.10 Å². The molecular weight excluding hydrogens is 538 g/mol. The number of aromatic amines is 1. The van der Waals surface area contributed by atoms with E-state index in [0.29, 0.717) is 38.3 Å². The number of fused-ring (bicyclic) bond motifs is 1. The fourth-order valence-corrected chi connectivity index (χ4v) is 6.48. The van der Waals surface area contributed by atoms with Gasteiger partial charge in [-0.15, -0.1) is 11.3 Å². The first-order chi connectivity index (χ1) is 19.9. The van der Waals surface area contributed by atoms with Crippen molar-refractivity contribution in [2.45, 2.75) is 19.8 Å². The number of carbonyl (C=O) groups excluding carboxylic acids is 2. The van der Waals surface area contributed by atoms with Gasteiger partial charge in [-0.3, -0.25) is 24.6 Å². The molecule has 11 heteroatoms. The van der Waals surface area contributed by atoms with Crippen molar-refractivity contribution >= 4 is 45.3 Å². The Morgan fingerprint density at radius 3 is 2.83 bits per heavy atom. The first-order valence-electron chi connectivity index (χ1n) is 13.7. The van der Waals surface area contributed by atoms with Gasteiger partial charge in [-0.05, 0) is 62.2 Å². The maximum atomic E-state index is 13.7. The lowest BCUT2D eigenvalue weighted by molar-refractivity contribution is -0.133. The summed E-state index contributed by atoms with van der Waals surface area (Å²) in [5.74, 6) is -0.0233. The number of pyridine rings is 1. The molecule has 212 valence electrons. The number of H-pyrrole nitrogens is 1. The van der Waals surface area contributed by atoms with Gasteiger partial charge in [0, 0.05) is 66.8 Å². The summed E-state index contributed by atoms with van der Waals surface area (Å²) >= 11 is 1.63. The number of aromatic nitrogens is 4. The number of hydrogen-bond acceptors (Lipinski definition) is 8. The van der Waals surface area contributed by atoms with Crippen LogP contribution in [0.2, 0.25) is 0 Å². The second-order valence-corrected chi connectivity index (χ2v) is 11.7. The number of hydrogen-bond donors (Lipinski definition) is 2. The van der Waals surface area contributed by atoms with Gasteiger partial charge in [0.1, 0.15) is 10.7 Å².